The minimum absolute atomic E-state index is 0.0124. The van der Waals surface area contributed by atoms with Crippen LogP contribution >= 0.6 is 0 Å². The molecule has 1 fully saturated rings. The van der Waals surface area contributed by atoms with E-state index in [1.54, 1.807) is 35.2 Å². The zero-order valence-electron chi connectivity index (χ0n) is 32.6. The van der Waals surface area contributed by atoms with Gasteiger partial charge in [0.2, 0.25) is 11.8 Å². The molecular weight excluding hydrogens is 670 g/mol. The van der Waals surface area contributed by atoms with E-state index in [0.717, 1.165) is 38.3 Å². The van der Waals surface area contributed by atoms with Gasteiger partial charge in [-0.1, -0.05) is 44.7 Å². The van der Waals surface area contributed by atoms with Crippen LogP contribution in [-0.4, -0.2) is 90.8 Å². The fourth-order valence-corrected chi connectivity index (χ4v) is 7.45. The summed E-state index contributed by atoms with van der Waals surface area (Å²) in [6.45, 7) is 8.72. The Bertz CT molecular complexity index is 1450. The topological polar surface area (TPSA) is 146 Å². The van der Waals surface area contributed by atoms with Crippen molar-refractivity contribution in [1.29, 1.82) is 0 Å². The minimum Gasteiger partial charge on any atom is -0.490 e. The molecule has 11 heteroatoms. The number of unbranched alkanes of at least 4 members (excludes halogenated alkanes) is 2. The van der Waals surface area contributed by atoms with E-state index < -0.39 is 6.04 Å². The molecule has 294 valence electrons. The molecule has 53 heavy (non-hydrogen) atoms. The van der Waals surface area contributed by atoms with Crippen molar-refractivity contribution in [2.24, 2.45) is 11.8 Å². The predicted molar refractivity (Wildman–Crippen MR) is 212 cm³/mol. The first-order valence-electron chi connectivity index (χ1n) is 20.0. The molecule has 2 aliphatic rings. The number of nitrogens with two attached hydrogens (primary N) is 1. The quantitative estimate of drug-likeness (QED) is 0.119. The first-order valence-corrected chi connectivity index (χ1v) is 20.0. The van der Waals surface area contributed by atoms with Crippen LogP contribution in [0, 0.1) is 11.8 Å². The van der Waals surface area contributed by atoms with E-state index in [4.69, 9.17) is 15.2 Å². The average Bonchev–Trinajstić information content (AvgIpc) is 3.14. The summed E-state index contributed by atoms with van der Waals surface area (Å²) in [4.78, 5) is 43.9. The lowest BCUT2D eigenvalue weighted by molar-refractivity contribution is -0.116. The van der Waals surface area contributed by atoms with Crippen LogP contribution < -0.4 is 21.1 Å². The summed E-state index contributed by atoms with van der Waals surface area (Å²) in [6, 6.07) is 11.9. The van der Waals surface area contributed by atoms with Crippen LogP contribution in [0.1, 0.15) is 115 Å². The normalized spacial score (nSPS) is 21.3. The Morgan fingerprint density at radius 1 is 0.943 bits per heavy atom. The number of nitrogens with zero attached hydrogens (tertiary/aromatic N) is 2. The summed E-state index contributed by atoms with van der Waals surface area (Å²) in [6.07, 6.45) is 11.6. The van der Waals surface area contributed by atoms with Crippen LogP contribution in [0.3, 0.4) is 0 Å². The number of aliphatic hydroxyl groups excluding tert-OH is 1. The van der Waals surface area contributed by atoms with Crippen molar-refractivity contribution in [3.05, 3.63) is 48.0 Å². The molecule has 2 aromatic carbocycles. The number of benzene rings is 2. The number of rotatable bonds is 14. The summed E-state index contributed by atoms with van der Waals surface area (Å²) in [5.74, 6) is 0.678. The maximum Gasteiger partial charge on any atom is 0.258 e. The standard InChI is InChI=1S/C42H65N5O6/c1-30-26-47(31(2)29-48)42(51)35-25-34(44-40(49)20-9-6-10-21-41(50)45-37-19-12-11-18-36(37)43)22-23-38(35)53-32(3)15-13-14-24-52-39(30)28-46(4)27-33-16-7-5-8-17-33/h11-12,18-19,22-23,25,30-33,39,48H,5-10,13-17,20-21,24,26-29,43H2,1-4H3,(H,44,49)(H,45,50)/t30-,31+,32-,39-/m0/s1. The number of amides is 3. The first kappa shape index (κ1) is 42.1. The molecule has 11 nitrogen and oxygen atoms in total. The number of hydrogen-bond acceptors (Lipinski definition) is 8. The molecule has 3 amide bonds. The van der Waals surface area contributed by atoms with Crippen molar-refractivity contribution >= 4 is 34.8 Å². The number of nitrogen functional groups attached to an aromatic ring is 1. The van der Waals surface area contributed by atoms with Gasteiger partial charge >= 0.3 is 0 Å². The Morgan fingerprint density at radius 3 is 2.36 bits per heavy atom. The third kappa shape index (κ3) is 13.9. The molecule has 0 unspecified atom stereocenters. The fraction of sp³-hybridized carbons (Fsp3) is 0.643. The molecule has 1 saturated carbocycles. The second kappa shape index (κ2) is 21.9. The van der Waals surface area contributed by atoms with Gasteiger partial charge in [0.1, 0.15) is 5.75 Å². The van der Waals surface area contributed by atoms with Crippen LogP contribution in [0.25, 0.3) is 0 Å². The highest BCUT2D eigenvalue weighted by Gasteiger charge is 2.31. The van der Waals surface area contributed by atoms with Crippen LogP contribution in [0.2, 0.25) is 0 Å². The number of para-hydroxylation sites is 2. The molecule has 1 heterocycles. The Balaban J connectivity index is 1.40. The monoisotopic (exact) mass is 735 g/mol. The highest BCUT2D eigenvalue weighted by atomic mass is 16.5. The first-order chi connectivity index (χ1) is 25.5. The number of nitrogens with one attached hydrogen (secondary N) is 2. The lowest BCUT2D eigenvalue weighted by atomic mass is 9.89. The number of anilines is 3. The molecule has 4 atom stereocenters. The Morgan fingerprint density at radius 2 is 1.64 bits per heavy atom. The molecule has 1 aliphatic carbocycles. The van der Waals surface area contributed by atoms with Gasteiger partial charge in [-0.05, 0) is 102 Å². The molecule has 0 bridgehead atoms. The van der Waals surface area contributed by atoms with E-state index in [1.807, 2.05) is 26.0 Å². The molecule has 2 aromatic rings. The van der Waals surface area contributed by atoms with Gasteiger partial charge in [-0.3, -0.25) is 14.4 Å². The van der Waals surface area contributed by atoms with E-state index in [-0.39, 0.29) is 48.9 Å². The molecule has 5 N–H and O–H groups in total. The van der Waals surface area contributed by atoms with Gasteiger partial charge in [-0.2, -0.15) is 0 Å². The van der Waals surface area contributed by atoms with Crippen LogP contribution in [0.5, 0.6) is 5.75 Å². The molecular formula is C42H65N5O6. The van der Waals surface area contributed by atoms with Gasteiger partial charge in [-0.15, -0.1) is 0 Å². The summed E-state index contributed by atoms with van der Waals surface area (Å²) < 4.78 is 12.9. The maximum absolute atomic E-state index is 14.5. The van der Waals surface area contributed by atoms with Gasteiger partial charge in [0.25, 0.3) is 5.91 Å². The van der Waals surface area contributed by atoms with Crippen LogP contribution in [0.4, 0.5) is 17.1 Å². The van der Waals surface area contributed by atoms with Crippen molar-refractivity contribution in [3.63, 3.8) is 0 Å². The number of ether oxygens (including phenoxy) is 2. The zero-order valence-corrected chi connectivity index (χ0v) is 32.6. The SMILES string of the molecule is C[C@H](CO)N1C[C@H](C)[C@H](CN(C)CC2CCCCC2)OCCCC[C@H](C)Oc2ccc(NC(=O)CCCCCC(=O)Nc3ccccc3N)cc2C1=O. The number of fused-ring (bicyclic) bond motifs is 1. The Labute approximate surface area is 317 Å². The molecule has 0 radical (unpaired) electrons. The number of carbonyl (C=O) groups is 3. The van der Waals surface area contributed by atoms with Crippen LogP contribution in [-0.2, 0) is 14.3 Å². The zero-order chi connectivity index (χ0) is 38.2. The Hall–Kier alpha value is -3.67. The highest BCUT2D eigenvalue weighted by Crippen LogP contribution is 2.29. The second-order valence-electron chi connectivity index (χ2n) is 15.5. The summed E-state index contributed by atoms with van der Waals surface area (Å²) in [5, 5.41) is 16.1. The van der Waals surface area contributed by atoms with Gasteiger partial charge in [0, 0.05) is 50.7 Å². The van der Waals surface area contributed by atoms with E-state index in [0.29, 0.717) is 67.2 Å². The number of aliphatic hydroxyl groups is 1. The van der Waals surface area contributed by atoms with Gasteiger partial charge in [0.15, 0.2) is 0 Å². The third-order valence-electron chi connectivity index (χ3n) is 10.7. The summed E-state index contributed by atoms with van der Waals surface area (Å²) >= 11 is 0. The van der Waals surface area contributed by atoms with Crippen molar-refractivity contribution in [2.45, 2.75) is 122 Å². The minimum atomic E-state index is -0.436. The highest BCUT2D eigenvalue weighted by molar-refractivity contribution is 6.00. The van der Waals surface area contributed by atoms with E-state index in [2.05, 4.69) is 29.5 Å². The van der Waals surface area contributed by atoms with Gasteiger partial charge in [0.05, 0.1) is 41.8 Å². The van der Waals surface area contributed by atoms with Gasteiger partial charge < -0.3 is 40.7 Å². The Kier molecular flexibility index (Phi) is 17.4. The van der Waals surface area contributed by atoms with E-state index in [1.165, 1.54) is 32.1 Å². The van der Waals surface area contributed by atoms with E-state index in [9.17, 15) is 19.5 Å². The van der Waals surface area contributed by atoms with Crippen molar-refractivity contribution in [1.82, 2.24) is 9.80 Å². The van der Waals surface area contributed by atoms with Crippen molar-refractivity contribution in [2.75, 3.05) is 56.3 Å². The smallest absolute Gasteiger partial charge is 0.258 e. The number of carbonyl (C=O) groups excluding carboxylic acids is 3. The van der Waals surface area contributed by atoms with Crippen LogP contribution in [0.15, 0.2) is 42.5 Å². The lowest BCUT2D eigenvalue weighted by Gasteiger charge is -2.36. The average molecular weight is 736 g/mol. The maximum atomic E-state index is 14.5. The number of likely N-dealkylation sites (N-methyl/N-ethyl adjacent to an activating group) is 1. The van der Waals surface area contributed by atoms with E-state index >= 15 is 0 Å². The van der Waals surface area contributed by atoms with Gasteiger partial charge in [-0.25, -0.2) is 0 Å². The molecule has 4 rings (SSSR count). The van der Waals surface area contributed by atoms with Crippen molar-refractivity contribution in [3.8, 4) is 5.75 Å². The molecule has 0 spiro atoms. The lowest BCUT2D eigenvalue weighted by Crippen LogP contribution is -2.47. The number of hydrogen-bond donors (Lipinski definition) is 4. The third-order valence-corrected chi connectivity index (χ3v) is 10.7. The molecule has 0 aromatic heterocycles. The summed E-state index contributed by atoms with van der Waals surface area (Å²) in [5.41, 5.74) is 7.90. The van der Waals surface area contributed by atoms with Crippen molar-refractivity contribution < 1.29 is 29.0 Å². The fourth-order valence-electron chi connectivity index (χ4n) is 7.45. The molecule has 1 aliphatic heterocycles. The summed E-state index contributed by atoms with van der Waals surface area (Å²) in [7, 11) is 2.18. The second-order valence-corrected chi connectivity index (χ2v) is 15.5. The largest absolute Gasteiger partial charge is 0.490 e. The predicted octanol–water partition coefficient (Wildman–Crippen LogP) is 7.10. The molecule has 0 saturated heterocycles.